The molecule has 64 valence electrons. The van der Waals surface area contributed by atoms with Gasteiger partial charge in [0, 0.05) is 17.6 Å². The van der Waals surface area contributed by atoms with Crippen LogP contribution in [0.25, 0.3) is 5.13 Å². The van der Waals surface area contributed by atoms with E-state index in [1.165, 1.54) is 28.3 Å². The van der Waals surface area contributed by atoms with E-state index in [1.807, 2.05) is 6.07 Å². The summed E-state index contributed by atoms with van der Waals surface area (Å²) in [5, 5.41) is 13.3. The second-order valence-corrected chi connectivity index (χ2v) is 3.10. The first-order chi connectivity index (χ1) is 6.31. The first-order valence-electron chi connectivity index (χ1n) is 3.43. The first kappa shape index (κ1) is 7.76. The highest BCUT2D eigenvalue weighted by atomic mass is 32.1. The average Bonchev–Trinajstić information content (AvgIpc) is 2.71. The molecule has 6 heteroatoms. The maximum atomic E-state index is 11.1. The molecule has 0 bridgehead atoms. The van der Waals surface area contributed by atoms with Crippen molar-refractivity contribution in [3.8, 4) is 11.2 Å². The van der Waals surface area contributed by atoms with Gasteiger partial charge in [0.25, 0.3) is 5.56 Å². The summed E-state index contributed by atoms with van der Waals surface area (Å²) in [5.74, 6) is 0. The molecule has 0 fully saturated rings. The summed E-state index contributed by atoms with van der Waals surface area (Å²) in [6.45, 7) is 0. The van der Waals surface area contributed by atoms with Gasteiger partial charge in [-0.25, -0.2) is 4.98 Å². The zero-order valence-electron chi connectivity index (χ0n) is 6.39. The monoisotopic (exact) mass is 192 g/mol. The molecule has 2 rings (SSSR count). The summed E-state index contributed by atoms with van der Waals surface area (Å²) in [4.78, 5) is 15.1. The van der Waals surface area contributed by atoms with Crippen molar-refractivity contribution < 1.29 is 0 Å². The molecule has 0 amide bonds. The van der Waals surface area contributed by atoms with Crippen LogP contribution in [0.4, 0.5) is 0 Å². The number of nitrogens with zero attached hydrogens (tertiary/aromatic N) is 3. The molecule has 13 heavy (non-hydrogen) atoms. The quantitative estimate of drug-likeness (QED) is 0.714. The third kappa shape index (κ3) is 1.25. The smallest absolute Gasteiger partial charge is 0.273 e. The van der Waals surface area contributed by atoms with Crippen molar-refractivity contribution >= 4 is 11.3 Å². The van der Waals surface area contributed by atoms with Gasteiger partial charge in [0.15, 0.2) is 5.69 Å². The predicted octanol–water partition coefficient (Wildman–Crippen LogP) is 0.494. The lowest BCUT2D eigenvalue weighted by Gasteiger charge is -1.91. The number of aromatic nitrogens is 3. The van der Waals surface area contributed by atoms with Crippen LogP contribution in [-0.2, 0) is 0 Å². The maximum absolute atomic E-state index is 11.1. The Hall–Kier alpha value is -1.87. The fraction of sp³-hybridized carbons (Fsp3) is 0. The van der Waals surface area contributed by atoms with Crippen molar-refractivity contribution in [2.45, 2.75) is 0 Å². The Bertz CT molecular complexity index is 515. The lowest BCUT2D eigenvalue weighted by molar-refractivity contribution is 0.838. The number of hydrogen-bond acceptors (Lipinski definition) is 4. The molecule has 0 aromatic carbocycles. The Kier molecular flexibility index (Phi) is 1.72. The van der Waals surface area contributed by atoms with E-state index in [9.17, 15) is 4.79 Å². The molecule has 0 atom stereocenters. The van der Waals surface area contributed by atoms with Crippen molar-refractivity contribution in [2.24, 2.45) is 0 Å². The van der Waals surface area contributed by atoms with E-state index in [0.29, 0.717) is 10.8 Å². The van der Waals surface area contributed by atoms with Gasteiger partial charge in [-0.15, -0.1) is 11.3 Å². The van der Waals surface area contributed by atoms with Gasteiger partial charge in [-0.2, -0.15) is 9.94 Å². The molecule has 2 aromatic rings. The minimum Gasteiger partial charge on any atom is -0.296 e. The number of aromatic amines is 1. The second-order valence-electron chi connectivity index (χ2n) is 2.26. The molecule has 2 aromatic heterocycles. The third-order valence-corrected chi connectivity index (χ3v) is 2.27. The first-order valence-corrected chi connectivity index (χ1v) is 4.31. The van der Waals surface area contributed by atoms with Crippen LogP contribution in [0.1, 0.15) is 5.69 Å². The van der Waals surface area contributed by atoms with Crippen LogP contribution in [0.5, 0.6) is 0 Å². The van der Waals surface area contributed by atoms with Gasteiger partial charge in [0.1, 0.15) is 6.07 Å². The van der Waals surface area contributed by atoms with E-state index >= 15 is 0 Å². The van der Waals surface area contributed by atoms with Crippen LogP contribution in [-0.4, -0.2) is 14.8 Å². The molecule has 0 spiro atoms. The fourth-order valence-corrected chi connectivity index (χ4v) is 1.61. The minimum atomic E-state index is -0.182. The Morgan fingerprint density at radius 1 is 1.69 bits per heavy atom. The lowest BCUT2D eigenvalue weighted by Crippen LogP contribution is -2.12. The standard InChI is InChI=1S/C7H4N4OS/c8-3-5-4-13-7(10-5)11-6(12)1-2-9-11/h1-2,4,9H. The van der Waals surface area contributed by atoms with Crippen molar-refractivity contribution in [3.05, 3.63) is 33.7 Å². The Labute approximate surface area is 76.9 Å². The molecule has 0 unspecified atom stereocenters. The molecule has 1 N–H and O–H groups in total. The largest absolute Gasteiger partial charge is 0.296 e. The summed E-state index contributed by atoms with van der Waals surface area (Å²) in [6.07, 6.45) is 1.52. The lowest BCUT2D eigenvalue weighted by atomic mass is 10.6. The number of thiazole rings is 1. The Morgan fingerprint density at radius 3 is 3.08 bits per heavy atom. The molecular weight excluding hydrogens is 188 g/mol. The number of nitrogens with one attached hydrogen (secondary N) is 1. The fourth-order valence-electron chi connectivity index (χ4n) is 0.889. The summed E-state index contributed by atoms with van der Waals surface area (Å²) in [5.41, 5.74) is 0.139. The SMILES string of the molecule is N#Cc1csc(-n2[nH]ccc2=O)n1. The van der Waals surface area contributed by atoms with Crippen LogP contribution in [0.3, 0.4) is 0 Å². The Balaban J connectivity index is 2.55. The van der Waals surface area contributed by atoms with Crippen LogP contribution in [0.15, 0.2) is 22.4 Å². The molecule has 0 aliphatic rings. The van der Waals surface area contributed by atoms with E-state index in [1.54, 1.807) is 5.38 Å². The molecule has 0 saturated carbocycles. The molecular formula is C7H4N4OS. The van der Waals surface area contributed by atoms with Gasteiger partial charge in [-0.05, 0) is 0 Å². The Morgan fingerprint density at radius 2 is 2.54 bits per heavy atom. The zero-order chi connectivity index (χ0) is 9.26. The molecule has 0 aliphatic heterocycles. The molecule has 2 heterocycles. The normalized spacial score (nSPS) is 9.77. The van der Waals surface area contributed by atoms with Gasteiger partial charge >= 0.3 is 0 Å². The highest BCUT2D eigenvalue weighted by Gasteiger charge is 2.04. The van der Waals surface area contributed by atoms with Gasteiger partial charge in [-0.3, -0.25) is 9.89 Å². The number of hydrogen-bond donors (Lipinski definition) is 1. The van der Waals surface area contributed by atoms with E-state index in [4.69, 9.17) is 5.26 Å². The second kappa shape index (κ2) is 2.88. The van der Waals surface area contributed by atoms with Crippen molar-refractivity contribution in [3.63, 3.8) is 0 Å². The minimum absolute atomic E-state index is 0.182. The molecule has 0 aliphatic carbocycles. The van der Waals surface area contributed by atoms with Crippen molar-refractivity contribution in [1.29, 1.82) is 5.26 Å². The van der Waals surface area contributed by atoms with Crippen LogP contribution >= 0.6 is 11.3 Å². The predicted molar refractivity (Wildman–Crippen MR) is 46.8 cm³/mol. The van der Waals surface area contributed by atoms with E-state index in [-0.39, 0.29) is 5.56 Å². The van der Waals surface area contributed by atoms with Crippen LogP contribution in [0, 0.1) is 11.3 Å². The average molecular weight is 192 g/mol. The van der Waals surface area contributed by atoms with Gasteiger partial charge in [0.2, 0.25) is 5.13 Å². The molecule has 0 saturated heterocycles. The van der Waals surface area contributed by atoms with E-state index in [0.717, 1.165) is 0 Å². The third-order valence-electron chi connectivity index (χ3n) is 1.45. The number of rotatable bonds is 1. The van der Waals surface area contributed by atoms with E-state index in [2.05, 4.69) is 10.1 Å². The summed E-state index contributed by atoms with van der Waals surface area (Å²) in [7, 11) is 0. The van der Waals surface area contributed by atoms with Gasteiger partial charge in [0.05, 0.1) is 0 Å². The number of H-pyrrole nitrogens is 1. The number of nitriles is 1. The van der Waals surface area contributed by atoms with E-state index < -0.39 is 0 Å². The van der Waals surface area contributed by atoms with Gasteiger partial charge < -0.3 is 0 Å². The van der Waals surface area contributed by atoms with Gasteiger partial charge in [-0.1, -0.05) is 0 Å². The van der Waals surface area contributed by atoms with Crippen LogP contribution in [0.2, 0.25) is 0 Å². The summed E-state index contributed by atoms with van der Waals surface area (Å²) >= 11 is 1.24. The van der Waals surface area contributed by atoms with Crippen molar-refractivity contribution in [1.82, 2.24) is 14.8 Å². The highest BCUT2D eigenvalue weighted by molar-refractivity contribution is 7.12. The maximum Gasteiger partial charge on any atom is 0.273 e. The van der Waals surface area contributed by atoms with Crippen molar-refractivity contribution in [2.75, 3.05) is 0 Å². The van der Waals surface area contributed by atoms with Crippen LogP contribution < -0.4 is 5.56 Å². The molecule has 0 radical (unpaired) electrons. The topological polar surface area (TPSA) is 74.5 Å². The highest BCUT2D eigenvalue weighted by Crippen LogP contribution is 2.10. The zero-order valence-corrected chi connectivity index (χ0v) is 7.21. The summed E-state index contributed by atoms with van der Waals surface area (Å²) in [6, 6.07) is 3.30. The molecule has 5 nitrogen and oxygen atoms in total. The summed E-state index contributed by atoms with van der Waals surface area (Å²) < 4.78 is 1.28.